The summed E-state index contributed by atoms with van der Waals surface area (Å²) in [5, 5.41) is 12.5. The van der Waals surface area contributed by atoms with E-state index in [2.05, 4.69) is 25.3 Å². The van der Waals surface area contributed by atoms with Crippen molar-refractivity contribution in [2.24, 2.45) is 0 Å². The number of aromatic nitrogens is 4. The number of hydrogen-bond donors (Lipinski definition) is 4. The molecule has 5 aromatic rings. The molecule has 0 saturated carbocycles. The fourth-order valence-corrected chi connectivity index (χ4v) is 8.14. The van der Waals surface area contributed by atoms with E-state index < -0.39 is 37.1 Å². The average Bonchev–Trinajstić information content (AvgIpc) is 4.05. The molecule has 0 unspecified atom stereocenters. The van der Waals surface area contributed by atoms with Gasteiger partial charge >= 0.3 is 6.09 Å². The molecule has 12 nitrogen and oxygen atoms in total. The van der Waals surface area contributed by atoms with Crippen LogP contribution in [0.5, 0.6) is 0 Å². The maximum Gasteiger partial charge on any atom is 0.407 e. The van der Waals surface area contributed by atoms with Crippen LogP contribution < -0.4 is 5.32 Å². The molecule has 3 saturated heterocycles. The third-order valence-electron chi connectivity index (χ3n) is 11.1. The predicted octanol–water partition coefficient (Wildman–Crippen LogP) is 6.81. The first-order valence-corrected chi connectivity index (χ1v) is 18.6. The van der Waals surface area contributed by atoms with Gasteiger partial charge in [0.1, 0.15) is 17.7 Å². The lowest BCUT2D eigenvalue weighted by Gasteiger charge is -2.32. The molecule has 0 aliphatic carbocycles. The van der Waals surface area contributed by atoms with Crippen LogP contribution in [0.3, 0.4) is 0 Å². The van der Waals surface area contributed by atoms with Crippen molar-refractivity contribution in [2.45, 2.75) is 62.2 Å². The number of alkyl halides is 2. The first kappa shape index (κ1) is 36.1. The van der Waals surface area contributed by atoms with Gasteiger partial charge in [-0.3, -0.25) is 19.8 Å². The van der Waals surface area contributed by atoms with Gasteiger partial charge in [0, 0.05) is 26.6 Å². The fourth-order valence-electron chi connectivity index (χ4n) is 8.14. The van der Waals surface area contributed by atoms with Crippen LogP contribution in [0.1, 0.15) is 67.4 Å². The first-order valence-electron chi connectivity index (χ1n) is 18.6. The number of benzene rings is 3. The lowest BCUT2D eigenvalue weighted by molar-refractivity contribution is -0.137. The van der Waals surface area contributed by atoms with E-state index >= 15 is 0 Å². The number of amides is 3. The summed E-state index contributed by atoms with van der Waals surface area (Å²) in [7, 11) is 1.42. The molecule has 4 atom stereocenters. The van der Waals surface area contributed by atoms with E-state index in [1.54, 1.807) is 46.5 Å². The van der Waals surface area contributed by atoms with Crippen LogP contribution in [-0.4, -0.2) is 96.3 Å². The Morgan fingerprint density at radius 3 is 1.80 bits per heavy atom. The van der Waals surface area contributed by atoms with Gasteiger partial charge in [-0.05, 0) is 53.5 Å². The minimum atomic E-state index is -2.87. The molecule has 55 heavy (non-hydrogen) atoms. The smallest absolute Gasteiger partial charge is 0.407 e. The molecule has 3 aliphatic rings. The number of aromatic amines is 2. The van der Waals surface area contributed by atoms with Crippen LogP contribution in [0, 0.1) is 0 Å². The third-order valence-corrected chi connectivity index (χ3v) is 11.1. The van der Waals surface area contributed by atoms with Crippen molar-refractivity contribution < 1.29 is 28.3 Å². The van der Waals surface area contributed by atoms with E-state index in [9.17, 15) is 28.3 Å². The lowest BCUT2D eigenvalue weighted by Crippen LogP contribution is -2.43. The Balaban J connectivity index is 0.928. The Morgan fingerprint density at radius 1 is 0.782 bits per heavy atom. The van der Waals surface area contributed by atoms with Crippen LogP contribution in [-0.2, 0) is 9.59 Å². The molecular formula is C41H42F2N8O4. The molecule has 8 rings (SSSR count). The minimum Gasteiger partial charge on any atom is -0.465 e. The summed E-state index contributed by atoms with van der Waals surface area (Å²) in [6, 6.07) is 22.7. The maximum atomic E-state index is 13.9. The van der Waals surface area contributed by atoms with Crippen LogP contribution in [0.2, 0.25) is 0 Å². The molecule has 3 aliphatic heterocycles. The van der Waals surface area contributed by atoms with Gasteiger partial charge in [-0.1, -0.05) is 78.9 Å². The summed E-state index contributed by atoms with van der Waals surface area (Å²) in [6.45, 7) is 0.550. The van der Waals surface area contributed by atoms with Crippen molar-refractivity contribution in [1.82, 2.24) is 40.0 Å². The van der Waals surface area contributed by atoms with Crippen molar-refractivity contribution in [3.8, 4) is 33.6 Å². The van der Waals surface area contributed by atoms with Gasteiger partial charge in [0.2, 0.25) is 5.91 Å². The molecule has 0 bridgehead atoms. The molecule has 0 radical (unpaired) electrons. The van der Waals surface area contributed by atoms with E-state index in [0.717, 1.165) is 57.8 Å². The number of nitrogens with one attached hydrogen (secondary N) is 3. The number of carbonyl (C=O) groups is 3. The largest absolute Gasteiger partial charge is 0.465 e. The van der Waals surface area contributed by atoms with Gasteiger partial charge in [0.15, 0.2) is 0 Å². The second-order valence-corrected chi connectivity index (χ2v) is 14.6. The number of carbonyl (C=O) groups excluding carboxylic acids is 2. The minimum absolute atomic E-state index is 0.277. The van der Waals surface area contributed by atoms with Crippen LogP contribution in [0.4, 0.5) is 13.6 Å². The van der Waals surface area contributed by atoms with Gasteiger partial charge in [-0.25, -0.2) is 23.5 Å². The summed E-state index contributed by atoms with van der Waals surface area (Å²) < 4.78 is 27.5. The molecule has 0 spiro atoms. The fraction of sp³-hybridized carbons (Fsp3) is 0.341. The lowest BCUT2D eigenvalue weighted by atomic mass is 10.0. The number of halogens is 2. The Labute approximate surface area is 316 Å². The highest BCUT2D eigenvalue weighted by Gasteiger charge is 2.46. The monoisotopic (exact) mass is 748 g/mol. The molecule has 14 heteroatoms. The Hall–Kier alpha value is -5.89. The third kappa shape index (κ3) is 7.21. The van der Waals surface area contributed by atoms with E-state index in [-0.39, 0.29) is 23.9 Å². The zero-order valence-electron chi connectivity index (χ0n) is 30.3. The number of likely N-dealkylation sites (N-methyl/N-ethyl adjacent to an activating group) is 1. The molecule has 2 aromatic heterocycles. The van der Waals surface area contributed by atoms with E-state index in [1.165, 1.54) is 7.05 Å². The summed E-state index contributed by atoms with van der Waals surface area (Å²) in [5.41, 5.74) is 6.15. The van der Waals surface area contributed by atoms with Crippen molar-refractivity contribution in [1.29, 1.82) is 0 Å². The Bertz CT molecular complexity index is 2170. The number of carboxylic acid groups (broad SMARTS) is 1. The highest BCUT2D eigenvalue weighted by Crippen LogP contribution is 2.37. The van der Waals surface area contributed by atoms with Crippen molar-refractivity contribution in [3.05, 3.63) is 108 Å². The molecule has 3 fully saturated rings. The SMILES string of the molecule is CN(C(=O)O)[C@@H](C(=O)N1CCC[C@H]1c1ncc(-c2ccc(-c3ccc(-c4cnc([C@@H]5CCCN5C(=O)[C@@H]5CC(F)(F)CN5)[nH]4)cc3)cc2)[nH]1)c1ccccc1. The van der Waals surface area contributed by atoms with E-state index in [4.69, 9.17) is 0 Å². The quantitative estimate of drug-likeness (QED) is 0.129. The topological polar surface area (TPSA) is 151 Å². The Morgan fingerprint density at radius 2 is 1.29 bits per heavy atom. The van der Waals surface area contributed by atoms with E-state index in [0.29, 0.717) is 36.7 Å². The number of hydrogen-bond acceptors (Lipinski definition) is 6. The van der Waals surface area contributed by atoms with Crippen molar-refractivity contribution >= 4 is 17.9 Å². The van der Waals surface area contributed by atoms with E-state index in [1.807, 2.05) is 54.6 Å². The summed E-state index contributed by atoms with van der Waals surface area (Å²) in [5.74, 6) is -2.13. The van der Waals surface area contributed by atoms with Crippen LogP contribution in [0.25, 0.3) is 33.6 Å². The van der Waals surface area contributed by atoms with Gasteiger partial charge in [0.05, 0.1) is 48.5 Å². The number of H-pyrrole nitrogens is 2. The van der Waals surface area contributed by atoms with Gasteiger partial charge in [-0.15, -0.1) is 0 Å². The summed E-state index contributed by atoms with van der Waals surface area (Å²) in [6.07, 6.45) is 4.86. The number of likely N-dealkylation sites (tertiary alicyclic amines) is 2. The predicted molar refractivity (Wildman–Crippen MR) is 201 cm³/mol. The average molecular weight is 749 g/mol. The first-order chi connectivity index (χ1) is 26.6. The van der Waals surface area contributed by atoms with Crippen LogP contribution in [0.15, 0.2) is 91.3 Å². The molecule has 284 valence electrons. The summed E-state index contributed by atoms with van der Waals surface area (Å²) >= 11 is 0. The Kier molecular flexibility index (Phi) is 9.68. The molecule has 4 N–H and O–H groups in total. The second kappa shape index (κ2) is 14.7. The highest BCUT2D eigenvalue weighted by atomic mass is 19.3. The summed E-state index contributed by atoms with van der Waals surface area (Å²) in [4.78, 5) is 59.5. The standard InChI is InChI=1S/C41H42F2N8O4/c1-49(40(54)55)35(29-7-3-2-4-8-29)39(53)51-20-6-10-34(51)37-45-23-32(48-37)28-17-13-26(14-18-28)25-11-15-27(16-12-25)31-22-44-36(47-31)33-9-5-19-50(33)38(52)30-21-41(42,43)24-46-30/h2-4,7-8,11-18,22-23,30,33-35,46H,5-6,9-10,19-21,24H2,1H3,(H,44,47)(H,45,48)(H,54,55)/t30-,33-,34-,35+/m0/s1. The van der Waals surface area contributed by atoms with Crippen molar-refractivity contribution in [3.63, 3.8) is 0 Å². The number of rotatable bonds is 9. The van der Waals surface area contributed by atoms with Gasteiger partial charge < -0.3 is 24.9 Å². The highest BCUT2D eigenvalue weighted by molar-refractivity contribution is 5.87. The van der Waals surface area contributed by atoms with Gasteiger partial charge in [-0.2, -0.15) is 0 Å². The molecular weight excluding hydrogens is 706 g/mol. The molecule has 3 amide bonds. The normalized spacial score (nSPS) is 21.2. The molecule has 5 heterocycles. The zero-order chi connectivity index (χ0) is 38.3. The van der Waals surface area contributed by atoms with Gasteiger partial charge in [0.25, 0.3) is 11.8 Å². The zero-order valence-corrected chi connectivity index (χ0v) is 30.3. The number of nitrogens with zero attached hydrogens (tertiary/aromatic N) is 5. The number of imidazole rings is 2. The maximum absolute atomic E-state index is 13.9. The van der Waals surface area contributed by atoms with Crippen molar-refractivity contribution in [2.75, 3.05) is 26.7 Å². The van der Waals surface area contributed by atoms with Crippen LogP contribution >= 0.6 is 0 Å². The second-order valence-electron chi connectivity index (χ2n) is 14.6. The molecule has 3 aromatic carbocycles.